The maximum atomic E-state index is 5.55. The number of aromatic nitrogens is 2. The first-order valence-corrected chi connectivity index (χ1v) is 9.55. The molecule has 5 heteroatoms. The molecule has 0 N–H and O–H groups in total. The lowest BCUT2D eigenvalue weighted by molar-refractivity contribution is 0.134. The molecule has 0 saturated carbocycles. The minimum atomic E-state index is 0.701. The van der Waals surface area contributed by atoms with Crippen molar-refractivity contribution in [2.45, 2.75) is 13.2 Å². The predicted octanol–water partition coefficient (Wildman–Crippen LogP) is 3.32. The topological polar surface area (TPSA) is 33.5 Å². The van der Waals surface area contributed by atoms with Crippen LogP contribution in [0.25, 0.3) is 17.1 Å². The van der Waals surface area contributed by atoms with Crippen LogP contribution in [-0.4, -0.2) is 47.7 Å². The maximum absolute atomic E-state index is 5.55. The number of benzene rings is 2. The number of nitrogens with zero attached hydrogens (tertiary/aromatic N) is 4. The summed E-state index contributed by atoms with van der Waals surface area (Å²) in [5.41, 5.74) is 6.12. The van der Waals surface area contributed by atoms with Crippen molar-refractivity contribution < 1.29 is 4.74 Å². The van der Waals surface area contributed by atoms with E-state index in [0.29, 0.717) is 6.61 Å². The summed E-state index contributed by atoms with van der Waals surface area (Å²) in [7, 11) is 2.19. The van der Waals surface area contributed by atoms with E-state index in [1.165, 1.54) is 16.8 Å². The van der Waals surface area contributed by atoms with Crippen molar-refractivity contribution in [3.8, 4) is 17.1 Å². The van der Waals surface area contributed by atoms with Crippen LogP contribution in [0.5, 0.6) is 0 Å². The van der Waals surface area contributed by atoms with Gasteiger partial charge in [0.25, 0.3) is 0 Å². The van der Waals surface area contributed by atoms with Crippen molar-refractivity contribution in [3.05, 3.63) is 66.0 Å². The van der Waals surface area contributed by atoms with E-state index in [2.05, 4.69) is 68.9 Å². The lowest BCUT2D eigenvalue weighted by atomic mass is 10.1. The molecule has 3 aromatic rings. The molecule has 5 rings (SSSR count). The first-order valence-electron chi connectivity index (χ1n) is 9.55. The smallest absolute Gasteiger partial charge is 0.144 e. The van der Waals surface area contributed by atoms with Crippen molar-refractivity contribution in [1.82, 2.24) is 14.5 Å². The summed E-state index contributed by atoms with van der Waals surface area (Å²) in [5, 5.41) is 0. The molecule has 3 heterocycles. The highest BCUT2D eigenvalue weighted by Crippen LogP contribution is 2.27. The number of rotatable bonds is 3. The van der Waals surface area contributed by atoms with E-state index in [0.717, 1.165) is 49.9 Å². The first kappa shape index (κ1) is 16.5. The largest absolute Gasteiger partial charge is 0.372 e. The van der Waals surface area contributed by atoms with Gasteiger partial charge in [-0.3, -0.25) is 4.57 Å². The molecule has 0 atom stereocenters. The van der Waals surface area contributed by atoms with Crippen LogP contribution in [0.4, 0.5) is 5.69 Å². The fraction of sp³-hybridized carbons (Fsp3) is 0.318. The molecule has 5 nitrogen and oxygen atoms in total. The van der Waals surface area contributed by atoms with E-state index < -0.39 is 0 Å². The quantitative estimate of drug-likeness (QED) is 0.717. The number of hydrogen-bond donors (Lipinski definition) is 0. The zero-order valence-corrected chi connectivity index (χ0v) is 15.6. The van der Waals surface area contributed by atoms with Gasteiger partial charge in [0.2, 0.25) is 0 Å². The second-order valence-electron chi connectivity index (χ2n) is 7.40. The van der Waals surface area contributed by atoms with Gasteiger partial charge in [0.1, 0.15) is 5.82 Å². The Bertz CT molecular complexity index is 939. The Balaban J connectivity index is 1.42. The van der Waals surface area contributed by atoms with Crippen molar-refractivity contribution >= 4 is 5.69 Å². The van der Waals surface area contributed by atoms with Crippen LogP contribution in [0.15, 0.2) is 54.9 Å². The predicted molar refractivity (Wildman–Crippen MR) is 107 cm³/mol. The third kappa shape index (κ3) is 3.13. The van der Waals surface area contributed by atoms with Crippen molar-refractivity contribution in [2.75, 3.05) is 38.1 Å². The Morgan fingerprint density at radius 1 is 0.852 bits per heavy atom. The number of anilines is 1. The lowest BCUT2D eigenvalue weighted by Crippen LogP contribution is -2.44. The second kappa shape index (κ2) is 6.83. The molecular formula is C22H24N4O. The molecule has 27 heavy (non-hydrogen) atoms. The van der Waals surface area contributed by atoms with Gasteiger partial charge in [-0.25, -0.2) is 4.98 Å². The van der Waals surface area contributed by atoms with Gasteiger partial charge < -0.3 is 14.5 Å². The molecule has 2 aromatic carbocycles. The number of hydrogen-bond acceptors (Lipinski definition) is 4. The fourth-order valence-corrected chi connectivity index (χ4v) is 3.92. The summed E-state index contributed by atoms with van der Waals surface area (Å²) < 4.78 is 7.70. The van der Waals surface area contributed by atoms with Gasteiger partial charge in [-0.05, 0) is 54.6 Å². The summed E-state index contributed by atoms with van der Waals surface area (Å²) in [5.74, 6) is 0.971. The molecule has 0 bridgehead atoms. The molecular weight excluding hydrogens is 336 g/mol. The lowest BCUT2D eigenvalue weighted by Gasteiger charge is -2.34. The normalized spacial score (nSPS) is 17.3. The molecule has 1 fully saturated rings. The highest BCUT2D eigenvalue weighted by molar-refractivity contribution is 5.63. The highest BCUT2D eigenvalue weighted by atomic mass is 16.5. The van der Waals surface area contributed by atoms with Gasteiger partial charge in [-0.2, -0.15) is 0 Å². The molecule has 0 aliphatic carbocycles. The molecule has 0 spiro atoms. The third-order valence-corrected chi connectivity index (χ3v) is 5.62. The van der Waals surface area contributed by atoms with E-state index in [1.807, 2.05) is 12.4 Å². The molecule has 2 aliphatic rings. The maximum Gasteiger partial charge on any atom is 0.144 e. The minimum absolute atomic E-state index is 0.701. The molecule has 1 saturated heterocycles. The highest BCUT2D eigenvalue weighted by Gasteiger charge is 2.16. The molecule has 0 radical (unpaired) electrons. The Morgan fingerprint density at radius 3 is 2.41 bits per heavy atom. The average molecular weight is 360 g/mol. The van der Waals surface area contributed by atoms with Crippen molar-refractivity contribution in [3.63, 3.8) is 0 Å². The number of ether oxygens (including phenoxy) is 1. The Kier molecular flexibility index (Phi) is 4.19. The molecule has 1 aromatic heterocycles. The number of fused-ring (bicyclic) bond motifs is 1. The zero-order valence-electron chi connectivity index (χ0n) is 15.6. The van der Waals surface area contributed by atoms with Crippen LogP contribution in [0.3, 0.4) is 0 Å². The molecule has 138 valence electrons. The van der Waals surface area contributed by atoms with Gasteiger partial charge in [0, 0.05) is 55.5 Å². The van der Waals surface area contributed by atoms with E-state index in [1.54, 1.807) is 0 Å². The van der Waals surface area contributed by atoms with E-state index in [9.17, 15) is 0 Å². The fourth-order valence-electron chi connectivity index (χ4n) is 3.92. The van der Waals surface area contributed by atoms with Crippen LogP contribution in [0.1, 0.15) is 11.1 Å². The van der Waals surface area contributed by atoms with E-state index >= 15 is 0 Å². The summed E-state index contributed by atoms with van der Waals surface area (Å²) in [6.07, 6.45) is 3.90. The van der Waals surface area contributed by atoms with Crippen molar-refractivity contribution in [2.24, 2.45) is 0 Å². The van der Waals surface area contributed by atoms with Gasteiger partial charge in [0.15, 0.2) is 0 Å². The minimum Gasteiger partial charge on any atom is -0.372 e. The van der Waals surface area contributed by atoms with E-state index in [4.69, 9.17) is 4.74 Å². The van der Waals surface area contributed by atoms with Crippen LogP contribution >= 0.6 is 0 Å². The Morgan fingerprint density at radius 2 is 1.59 bits per heavy atom. The molecule has 2 aliphatic heterocycles. The van der Waals surface area contributed by atoms with Gasteiger partial charge in [-0.15, -0.1) is 0 Å². The first-order chi connectivity index (χ1) is 13.3. The summed E-state index contributed by atoms with van der Waals surface area (Å²) in [4.78, 5) is 9.45. The summed E-state index contributed by atoms with van der Waals surface area (Å²) >= 11 is 0. The average Bonchev–Trinajstić information content (AvgIpc) is 3.37. The Labute approximate surface area is 159 Å². The SMILES string of the molecule is CN1CCN(c2ccc(-c3nccn3-c3ccc4c(c3)COC4)cc2)CC1. The van der Waals surface area contributed by atoms with Crippen LogP contribution in [0.2, 0.25) is 0 Å². The second-order valence-corrected chi connectivity index (χ2v) is 7.40. The third-order valence-electron chi connectivity index (χ3n) is 5.62. The summed E-state index contributed by atoms with van der Waals surface area (Å²) in [6, 6.07) is 15.3. The van der Waals surface area contributed by atoms with Crippen molar-refractivity contribution in [1.29, 1.82) is 0 Å². The molecule has 0 unspecified atom stereocenters. The Hall–Kier alpha value is -2.63. The molecule has 0 amide bonds. The van der Waals surface area contributed by atoms with Crippen LogP contribution in [0, 0.1) is 0 Å². The van der Waals surface area contributed by atoms with Crippen LogP contribution in [-0.2, 0) is 18.0 Å². The van der Waals surface area contributed by atoms with Gasteiger partial charge >= 0.3 is 0 Å². The number of imidazole rings is 1. The van der Waals surface area contributed by atoms with Crippen LogP contribution < -0.4 is 4.90 Å². The standard InChI is InChI=1S/C22H24N4O/c1-24-10-12-25(13-11-24)20-5-2-17(3-6-20)22-23-8-9-26(22)21-7-4-18-15-27-16-19(18)14-21/h2-9,14H,10-13,15-16H2,1H3. The monoisotopic (exact) mass is 360 g/mol. The van der Waals surface area contributed by atoms with E-state index in [-0.39, 0.29) is 0 Å². The number of likely N-dealkylation sites (N-methyl/N-ethyl adjacent to an activating group) is 1. The summed E-state index contributed by atoms with van der Waals surface area (Å²) in [6.45, 7) is 5.83. The van der Waals surface area contributed by atoms with Gasteiger partial charge in [0.05, 0.1) is 13.2 Å². The number of piperazine rings is 1. The zero-order chi connectivity index (χ0) is 18.2. The van der Waals surface area contributed by atoms with Gasteiger partial charge in [-0.1, -0.05) is 6.07 Å².